The van der Waals surface area contributed by atoms with Gasteiger partial charge in [-0.2, -0.15) is 0 Å². The van der Waals surface area contributed by atoms with Crippen LogP contribution in [0.3, 0.4) is 0 Å². The minimum absolute atomic E-state index is 0.0887. The van der Waals surface area contributed by atoms with E-state index in [0.29, 0.717) is 6.54 Å². The maximum atomic E-state index is 11.7. The molecule has 2 amide bonds. The zero-order valence-electron chi connectivity index (χ0n) is 12.7. The van der Waals surface area contributed by atoms with Crippen LogP contribution in [0.2, 0.25) is 0 Å². The second kappa shape index (κ2) is 6.64. The van der Waals surface area contributed by atoms with E-state index < -0.39 is 0 Å². The molecule has 1 heterocycles. The summed E-state index contributed by atoms with van der Waals surface area (Å²) in [4.78, 5) is 14.0. The number of hydrogen-bond donors (Lipinski definition) is 2. The molecule has 1 atom stereocenters. The lowest BCUT2D eigenvalue weighted by atomic mass is 9.99. The second-order valence-corrected chi connectivity index (χ2v) is 5.62. The van der Waals surface area contributed by atoms with Gasteiger partial charge in [-0.15, -0.1) is 0 Å². The summed E-state index contributed by atoms with van der Waals surface area (Å²) in [6.07, 6.45) is 3.28. The van der Waals surface area contributed by atoms with Crippen LogP contribution in [-0.2, 0) is 13.0 Å². The molecule has 2 rings (SSSR count). The SMILES string of the molecule is CCC(C)NC(=O)NCc1ccc2c(c1)CCCN2C. The average Bonchev–Trinajstić information content (AvgIpc) is 2.45. The summed E-state index contributed by atoms with van der Waals surface area (Å²) in [6, 6.07) is 6.61. The molecular formula is C16H25N3O. The highest BCUT2D eigenvalue weighted by atomic mass is 16.2. The summed E-state index contributed by atoms with van der Waals surface area (Å²) >= 11 is 0. The predicted octanol–water partition coefficient (Wildman–Crippen LogP) is 2.67. The fourth-order valence-electron chi connectivity index (χ4n) is 2.51. The number of benzene rings is 1. The van der Waals surface area contributed by atoms with Crippen molar-refractivity contribution in [1.29, 1.82) is 0 Å². The first-order valence-corrected chi connectivity index (χ1v) is 7.47. The molecule has 0 saturated heterocycles. The molecule has 4 heteroatoms. The van der Waals surface area contributed by atoms with E-state index in [1.54, 1.807) is 0 Å². The van der Waals surface area contributed by atoms with Crippen LogP contribution in [-0.4, -0.2) is 25.7 Å². The number of anilines is 1. The Labute approximate surface area is 121 Å². The van der Waals surface area contributed by atoms with Crippen LogP contribution >= 0.6 is 0 Å². The minimum Gasteiger partial charge on any atom is -0.374 e. The van der Waals surface area contributed by atoms with Crippen molar-refractivity contribution >= 4 is 11.7 Å². The molecule has 110 valence electrons. The molecule has 1 aromatic carbocycles. The van der Waals surface area contributed by atoms with Crippen LogP contribution in [0, 0.1) is 0 Å². The van der Waals surface area contributed by atoms with Crippen molar-refractivity contribution in [3.63, 3.8) is 0 Å². The minimum atomic E-state index is -0.0887. The lowest BCUT2D eigenvalue weighted by Gasteiger charge is -2.27. The molecule has 4 nitrogen and oxygen atoms in total. The van der Waals surface area contributed by atoms with Gasteiger partial charge >= 0.3 is 6.03 Å². The lowest BCUT2D eigenvalue weighted by molar-refractivity contribution is 0.237. The summed E-state index contributed by atoms with van der Waals surface area (Å²) in [5, 5.41) is 5.83. The van der Waals surface area contributed by atoms with Crippen molar-refractivity contribution < 1.29 is 4.79 Å². The van der Waals surface area contributed by atoms with Gasteiger partial charge in [0.2, 0.25) is 0 Å². The first-order valence-electron chi connectivity index (χ1n) is 7.47. The Balaban J connectivity index is 1.92. The molecule has 0 saturated carbocycles. The Morgan fingerprint density at radius 2 is 2.25 bits per heavy atom. The number of hydrogen-bond acceptors (Lipinski definition) is 2. The van der Waals surface area contributed by atoms with Crippen LogP contribution < -0.4 is 15.5 Å². The molecule has 1 unspecified atom stereocenters. The average molecular weight is 275 g/mol. The van der Waals surface area contributed by atoms with Gasteiger partial charge in [-0.1, -0.05) is 19.1 Å². The van der Waals surface area contributed by atoms with Crippen molar-refractivity contribution in [3.05, 3.63) is 29.3 Å². The molecule has 1 aromatic rings. The Morgan fingerprint density at radius 1 is 1.45 bits per heavy atom. The molecule has 1 aliphatic rings. The molecule has 2 N–H and O–H groups in total. The highest BCUT2D eigenvalue weighted by molar-refractivity contribution is 5.74. The number of nitrogens with one attached hydrogen (secondary N) is 2. The summed E-state index contributed by atoms with van der Waals surface area (Å²) in [5.41, 5.74) is 3.88. The van der Waals surface area contributed by atoms with Gasteiger partial charge < -0.3 is 15.5 Å². The number of fused-ring (bicyclic) bond motifs is 1. The van der Waals surface area contributed by atoms with Gasteiger partial charge in [0.1, 0.15) is 0 Å². The highest BCUT2D eigenvalue weighted by Gasteiger charge is 2.13. The molecule has 0 radical (unpaired) electrons. The quantitative estimate of drug-likeness (QED) is 0.887. The Morgan fingerprint density at radius 3 is 3.00 bits per heavy atom. The van der Waals surface area contributed by atoms with Crippen LogP contribution in [0.4, 0.5) is 10.5 Å². The van der Waals surface area contributed by atoms with E-state index in [1.807, 2.05) is 6.92 Å². The van der Waals surface area contributed by atoms with Gasteiger partial charge in [0.05, 0.1) is 0 Å². The Kier molecular flexibility index (Phi) is 4.88. The monoisotopic (exact) mass is 275 g/mol. The molecule has 0 aromatic heterocycles. The van der Waals surface area contributed by atoms with E-state index in [2.05, 4.69) is 47.7 Å². The van der Waals surface area contributed by atoms with Gasteiger partial charge in [-0.25, -0.2) is 4.79 Å². The third-order valence-electron chi connectivity index (χ3n) is 3.94. The van der Waals surface area contributed by atoms with Gasteiger partial charge in [0, 0.05) is 31.9 Å². The van der Waals surface area contributed by atoms with Crippen molar-refractivity contribution in [2.75, 3.05) is 18.5 Å². The summed E-state index contributed by atoms with van der Waals surface area (Å²) in [7, 11) is 2.13. The van der Waals surface area contributed by atoms with Crippen LogP contribution in [0.5, 0.6) is 0 Å². The highest BCUT2D eigenvalue weighted by Crippen LogP contribution is 2.26. The number of rotatable bonds is 4. The van der Waals surface area contributed by atoms with E-state index >= 15 is 0 Å². The largest absolute Gasteiger partial charge is 0.374 e. The predicted molar refractivity (Wildman–Crippen MR) is 83.2 cm³/mol. The third kappa shape index (κ3) is 3.65. The molecule has 0 bridgehead atoms. The molecule has 0 fully saturated rings. The zero-order chi connectivity index (χ0) is 14.5. The van der Waals surface area contributed by atoms with Crippen LogP contribution in [0.15, 0.2) is 18.2 Å². The van der Waals surface area contributed by atoms with Crippen molar-refractivity contribution in [2.24, 2.45) is 0 Å². The normalized spacial score (nSPS) is 15.4. The molecule has 20 heavy (non-hydrogen) atoms. The maximum absolute atomic E-state index is 11.7. The number of carbonyl (C=O) groups is 1. The zero-order valence-corrected chi connectivity index (χ0v) is 12.7. The van der Waals surface area contributed by atoms with E-state index in [1.165, 1.54) is 23.2 Å². The molecule has 1 aliphatic heterocycles. The van der Waals surface area contributed by atoms with E-state index in [4.69, 9.17) is 0 Å². The van der Waals surface area contributed by atoms with Crippen LogP contribution in [0.1, 0.15) is 37.8 Å². The third-order valence-corrected chi connectivity index (χ3v) is 3.94. The van der Waals surface area contributed by atoms with Crippen LogP contribution in [0.25, 0.3) is 0 Å². The standard InChI is InChI=1S/C16H25N3O/c1-4-12(2)18-16(20)17-11-13-7-8-15-14(10-13)6-5-9-19(15)3/h7-8,10,12H,4-6,9,11H2,1-3H3,(H2,17,18,20). The smallest absolute Gasteiger partial charge is 0.315 e. The number of amides is 2. The second-order valence-electron chi connectivity index (χ2n) is 5.62. The number of aryl methyl sites for hydroxylation is 1. The Hall–Kier alpha value is -1.71. The van der Waals surface area contributed by atoms with E-state index in [-0.39, 0.29) is 12.1 Å². The van der Waals surface area contributed by atoms with Gasteiger partial charge in [0.25, 0.3) is 0 Å². The summed E-state index contributed by atoms with van der Waals surface area (Å²) in [6.45, 7) is 5.78. The summed E-state index contributed by atoms with van der Waals surface area (Å²) in [5.74, 6) is 0. The fourth-order valence-corrected chi connectivity index (χ4v) is 2.51. The van der Waals surface area contributed by atoms with Gasteiger partial charge in [0.15, 0.2) is 0 Å². The number of urea groups is 1. The molecule has 0 aliphatic carbocycles. The van der Waals surface area contributed by atoms with Crippen molar-refractivity contribution in [1.82, 2.24) is 10.6 Å². The lowest BCUT2D eigenvalue weighted by Crippen LogP contribution is -2.40. The van der Waals surface area contributed by atoms with E-state index in [0.717, 1.165) is 19.4 Å². The van der Waals surface area contributed by atoms with Crippen molar-refractivity contribution in [3.8, 4) is 0 Å². The Bertz CT molecular complexity index is 473. The fraction of sp³-hybridized carbons (Fsp3) is 0.562. The van der Waals surface area contributed by atoms with Gasteiger partial charge in [-0.3, -0.25) is 0 Å². The maximum Gasteiger partial charge on any atom is 0.315 e. The number of nitrogens with zero attached hydrogens (tertiary/aromatic N) is 1. The van der Waals surface area contributed by atoms with Crippen molar-refractivity contribution in [2.45, 2.75) is 45.7 Å². The summed E-state index contributed by atoms with van der Waals surface area (Å²) < 4.78 is 0. The van der Waals surface area contributed by atoms with Gasteiger partial charge in [-0.05, 0) is 43.4 Å². The van der Waals surface area contributed by atoms with E-state index in [9.17, 15) is 4.79 Å². The number of carbonyl (C=O) groups excluding carboxylic acids is 1. The first kappa shape index (κ1) is 14.7. The molecule has 0 spiro atoms. The first-order chi connectivity index (χ1) is 9.60. The topological polar surface area (TPSA) is 44.4 Å². The molecular weight excluding hydrogens is 250 g/mol.